The Balaban J connectivity index is 1.28. The number of thiazole rings is 1. The second-order valence-corrected chi connectivity index (χ2v) is 13.4. The molecule has 13 nitrogen and oxygen atoms in total. The molecule has 2 aliphatic rings. The summed E-state index contributed by atoms with van der Waals surface area (Å²) in [7, 11) is -3.74. The van der Waals surface area contributed by atoms with E-state index in [9.17, 15) is 13.2 Å². The normalized spacial score (nSPS) is 20.6. The first-order valence-electron chi connectivity index (χ1n) is 13.1. The molecule has 0 spiro atoms. The first kappa shape index (κ1) is 25.7. The Morgan fingerprint density at radius 3 is 2.51 bits per heavy atom. The number of carbonyl (C=O) groups is 1. The van der Waals surface area contributed by atoms with E-state index >= 15 is 0 Å². The minimum absolute atomic E-state index is 0.00771. The Morgan fingerprint density at radius 2 is 1.90 bits per heavy atom. The van der Waals surface area contributed by atoms with Crippen LogP contribution in [0.4, 0.5) is 5.82 Å². The fraction of sp³-hybridized carbons (Fsp3) is 0.346. The molecule has 2 fully saturated rings. The van der Waals surface area contributed by atoms with Gasteiger partial charge in [0, 0.05) is 52.7 Å². The SMILES string of the molecule is Cc1csc(-c2ccc(-c3cnn4c(N)c(S(C)(=O)=O)c(C5C[C@H]6CC[C@@H](C5)N6C(=O)c5ncn[nH]5)nc34)cn2)n1. The monoisotopic (exact) mass is 590 g/mol. The van der Waals surface area contributed by atoms with Crippen molar-refractivity contribution in [3.63, 3.8) is 0 Å². The number of piperidine rings is 1. The molecule has 2 bridgehead atoms. The van der Waals surface area contributed by atoms with Gasteiger partial charge in [0.05, 0.1) is 17.6 Å². The lowest BCUT2D eigenvalue weighted by Gasteiger charge is -2.38. The minimum Gasteiger partial charge on any atom is -0.382 e. The number of nitrogen functional groups attached to an aromatic ring is 1. The molecule has 0 radical (unpaired) electrons. The number of hydrogen-bond donors (Lipinski definition) is 2. The predicted molar refractivity (Wildman–Crippen MR) is 151 cm³/mol. The first-order valence-corrected chi connectivity index (χ1v) is 15.9. The van der Waals surface area contributed by atoms with Crippen molar-refractivity contribution in [2.75, 3.05) is 12.0 Å². The van der Waals surface area contributed by atoms with Crippen molar-refractivity contribution in [3.05, 3.63) is 53.4 Å². The van der Waals surface area contributed by atoms with Gasteiger partial charge in [0.2, 0.25) is 5.82 Å². The molecule has 7 heterocycles. The highest BCUT2D eigenvalue weighted by Gasteiger charge is 2.46. The smallest absolute Gasteiger partial charge is 0.291 e. The minimum atomic E-state index is -3.74. The second-order valence-electron chi connectivity index (χ2n) is 10.6. The van der Waals surface area contributed by atoms with Gasteiger partial charge in [-0.15, -0.1) is 11.3 Å². The van der Waals surface area contributed by atoms with Gasteiger partial charge in [-0.2, -0.15) is 14.7 Å². The van der Waals surface area contributed by atoms with Gasteiger partial charge in [0.15, 0.2) is 15.5 Å². The third kappa shape index (κ3) is 4.26. The Bertz CT molecular complexity index is 1880. The van der Waals surface area contributed by atoms with Gasteiger partial charge in [-0.1, -0.05) is 6.07 Å². The zero-order chi connectivity index (χ0) is 28.5. The number of aromatic amines is 1. The molecule has 0 aromatic carbocycles. The highest BCUT2D eigenvalue weighted by atomic mass is 32.2. The Morgan fingerprint density at radius 1 is 1.12 bits per heavy atom. The van der Waals surface area contributed by atoms with Crippen molar-refractivity contribution in [2.45, 2.75) is 55.5 Å². The van der Waals surface area contributed by atoms with Crippen LogP contribution in [0.5, 0.6) is 0 Å². The fourth-order valence-corrected chi connectivity index (χ4v) is 8.02. The predicted octanol–water partition coefficient (Wildman–Crippen LogP) is 2.88. The summed E-state index contributed by atoms with van der Waals surface area (Å²) < 4.78 is 27.5. The molecule has 2 aliphatic heterocycles. The summed E-state index contributed by atoms with van der Waals surface area (Å²) in [5, 5.41) is 13.7. The Labute approximate surface area is 238 Å². The average Bonchev–Trinajstić information content (AvgIpc) is 3.74. The van der Waals surface area contributed by atoms with Crippen LogP contribution >= 0.6 is 11.3 Å². The van der Waals surface area contributed by atoms with Gasteiger partial charge in [0.25, 0.3) is 5.91 Å². The third-order valence-electron chi connectivity index (χ3n) is 7.92. The number of carbonyl (C=O) groups excluding carboxylic acids is 1. The molecule has 7 rings (SSSR count). The molecule has 5 aromatic heterocycles. The van der Waals surface area contributed by atoms with Gasteiger partial charge in [0.1, 0.15) is 22.0 Å². The zero-order valence-corrected chi connectivity index (χ0v) is 23.9. The standard InChI is InChI=1S/C26H26N10O3S2/c1-13-11-40-25(32-13)19-6-3-14(9-28-19)18-10-31-36-22(27)21(41(2,38)39)20(33-24(18)36)15-7-16-4-5-17(8-15)35(16)26(37)23-29-12-30-34-23/h3,6,9-12,15-17H,4-5,7-8,27H2,1-2H3,(H,29,30,34)/t15?,16-,17+. The number of rotatable bonds is 5. The molecular weight excluding hydrogens is 564 g/mol. The largest absolute Gasteiger partial charge is 0.382 e. The van der Waals surface area contributed by atoms with Gasteiger partial charge in [-0.25, -0.2) is 23.4 Å². The van der Waals surface area contributed by atoms with E-state index in [0.717, 1.165) is 41.1 Å². The summed E-state index contributed by atoms with van der Waals surface area (Å²) in [4.78, 5) is 33.1. The summed E-state index contributed by atoms with van der Waals surface area (Å²) in [6, 6.07) is 3.68. The first-order chi connectivity index (χ1) is 19.7. The van der Waals surface area contributed by atoms with Crippen LogP contribution in [0.3, 0.4) is 0 Å². The van der Waals surface area contributed by atoms with E-state index in [0.29, 0.717) is 29.7 Å². The third-order valence-corrected chi connectivity index (χ3v) is 10.1. The number of nitrogens with zero attached hydrogens (tertiary/aromatic N) is 8. The molecule has 3 N–H and O–H groups in total. The number of nitrogens with two attached hydrogens (primary N) is 1. The van der Waals surface area contributed by atoms with Crippen molar-refractivity contribution in [2.24, 2.45) is 0 Å². The number of H-pyrrole nitrogens is 1. The van der Waals surface area contributed by atoms with E-state index in [1.54, 1.807) is 12.4 Å². The van der Waals surface area contributed by atoms with Gasteiger partial charge in [-0.3, -0.25) is 14.9 Å². The molecule has 41 heavy (non-hydrogen) atoms. The van der Waals surface area contributed by atoms with Crippen LogP contribution in [0.15, 0.2) is 41.1 Å². The van der Waals surface area contributed by atoms with Crippen LogP contribution in [0.25, 0.3) is 27.5 Å². The summed E-state index contributed by atoms with van der Waals surface area (Å²) in [5.74, 6) is -0.176. The average molecular weight is 591 g/mol. The lowest BCUT2D eigenvalue weighted by Crippen LogP contribution is -2.46. The lowest BCUT2D eigenvalue weighted by molar-refractivity contribution is 0.0556. The zero-order valence-electron chi connectivity index (χ0n) is 22.2. The highest BCUT2D eigenvalue weighted by molar-refractivity contribution is 7.91. The molecule has 1 unspecified atom stereocenters. The molecule has 5 aromatic rings. The number of nitrogens with one attached hydrogen (secondary N) is 1. The van der Waals surface area contributed by atoms with E-state index in [1.165, 1.54) is 22.2 Å². The van der Waals surface area contributed by atoms with Crippen LogP contribution in [0, 0.1) is 6.92 Å². The maximum atomic E-state index is 13.1. The maximum Gasteiger partial charge on any atom is 0.291 e. The van der Waals surface area contributed by atoms with Crippen LogP contribution in [-0.2, 0) is 9.84 Å². The van der Waals surface area contributed by atoms with E-state index in [2.05, 4.69) is 30.2 Å². The Hall–Kier alpha value is -4.24. The van der Waals surface area contributed by atoms with Crippen LogP contribution in [0.2, 0.25) is 0 Å². The highest BCUT2D eigenvalue weighted by Crippen LogP contribution is 2.45. The summed E-state index contributed by atoms with van der Waals surface area (Å²) in [6.45, 7) is 1.94. The van der Waals surface area contributed by atoms with E-state index < -0.39 is 9.84 Å². The number of hydrogen-bond acceptors (Lipinski definition) is 11. The van der Waals surface area contributed by atoms with Crippen molar-refractivity contribution >= 4 is 38.5 Å². The molecule has 1 amide bonds. The number of amides is 1. The van der Waals surface area contributed by atoms with E-state index in [4.69, 9.17) is 10.7 Å². The Kier molecular flexibility index (Phi) is 5.90. The maximum absolute atomic E-state index is 13.1. The number of anilines is 1. The molecule has 15 heteroatoms. The van der Waals surface area contributed by atoms with E-state index in [-0.39, 0.29) is 40.4 Å². The van der Waals surface area contributed by atoms with Crippen LogP contribution in [-0.4, -0.2) is 77.3 Å². The lowest BCUT2D eigenvalue weighted by atomic mass is 9.87. The molecule has 0 saturated carbocycles. The summed E-state index contributed by atoms with van der Waals surface area (Å²) >= 11 is 1.53. The summed E-state index contributed by atoms with van der Waals surface area (Å²) in [5.41, 5.74) is 10.5. The number of pyridine rings is 1. The number of aromatic nitrogens is 8. The molecule has 0 aliphatic carbocycles. The second kappa shape index (κ2) is 9.41. The topological polar surface area (TPSA) is 178 Å². The van der Waals surface area contributed by atoms with Crippen LogP contribution in [0.1, 0.15) is 53.6 Å². The van der Waals surface area contributed by atoms with Gasteiger partial charge < -0.3 is 10.6 Å². The number of fused-ring (bicyclic) bond motifs is 3. The molecule has 3 atom stereocenters. The summed E-state index contributed by atoms with van der Waals surface area (Å²) in [6.07, 6.45) is 8.58. The van der Waals surface area contributed by atoms with Crippen molar-refractivity contribution in [3.8, 4) is 21.8 Å². The quantitative estimate of drug-likeness (QED) is 0.309. The molecular formula is C26H26N10O3S2. The van der Waals surface area contributed by atoms with Crippen molar-refractivity contribution in [1.29, 1.82) is 0 Å². The molecule has 2 saturated heterocycles. The van der Waals surface area contributed by atoms with Gasteiger partial charge in [-0.05, 0) is 38.7 Å². The fourth-order valence-electron chi connectivity index (χ4n) is 6.19. The van der Waals surface area contributed by atoms with Crippen LogP contribution < -0.4 is 5.73 Å². The van der Waals surface area contributed by atoms with Crippen molar-refractivity contribution < 1.29 is 13.2 Å². The molecule has 210 valence electrons. The van der Waals surface area contributed by atoms with Gasteiger partial charge >= 0.3 is 0 Å². The van der Waals surface area contributed by atoms with E-state index in [1.807, 2.05) is 29.3 Å². The van der Waals surface area contributed by atoms with Crippen molar-refractivity contribution in [1.82, 2.24) is 44.6 Å². The number of aryl methyl sites for hydroxylation is 1. The number of sulfone groups is 1.